The van der Waals surface area contributed by atoms with Crippen LogP contribution in [0.15, 0.2) is 48.5 Å². The smallest absolute Gasteiger partial charge is 0.313 e. The zero-order chi connectivity index (χ0) is 22.1. The molecule has 3 rings (SSSR count). The molecule has 2 aromatic rings. The van der Waals surface area contributed by atoms with Crippen LogP contribution < -0.4 is 10.6 Å². The number of nitriles is 1. The molecule has 2 aromatic carbocycles. The van der Waals surface area contributed by atoms with Crippen molar-refractivity contribution in [1.29, 1.82) is 5.26 Å². The first-order valence-electron chi connectivity index (χ1n) is 10.2. The Balaban J connectivity index is 1.36. The number of nitrogens with one attached hydrogen (secondary N) is 2. The fourth-order valence-electron chi connectivity index (χ4n) is 3.41. The molecule has 31 heavy (non-hydrogen) atoms. The van der Waals surface area contributed by atoms with Crippen LogP contribution in [0.2, 0.25) is 5.02 Å². The van der Waals surface area contributed by atoms with E-state index in [0.29, 0.717) is 18.2 Å². The largest absolute Gasteiger partial charge is 0.371 e. The summed E-state index contributed by atoms with van der Waals surface area (Å²) in [6.07, 6.45) is 1.74. The highest BCUT2D eigenvalue weighted by molar-refractivity contribution is 6.40. The summed E-state index contributed by atoms with van der Waals surface area (Å²) in [5.41, 5.74) is 1.64. The highest BCUT2D eigenvalue weighted by Gasteiger charge is 2.21. The Labute approximate surface area is 186 Å². The van der Waals surface area contributed by atoms with E-state index in [9.17, 15) is 9.59 Å². The van der Waals surface area contributed by atoms with E-state index >= 15 is 0 Å². The van der Waals surface area contributed by atoms with Gasteiger partial charge in [0.15, 0.2) is 0 Å². The molecule has 1 heterocycles. The third-order valence-electron chi connectivity index (χ3n) is 5.07. The summed E-state index contributed by atoms with van der Waals surface area (Å²) >= 11 is 5.89. The molecule has 7 nitrogen and oxygen atoms in total. The molecule has 0 bridgehead atoms. The van der Waals surface area contributed by atoms with Gasteiger partial charge in [-0.15, -0.1) is 0 Å². The molecular formula is C23H25ClN4O3. The van der Waals surface area contributed by atoms with Gasteiger partial charge >= 0.3 is 11.8 Å². The summed E-state index contributed by atoms with van der Waals surface area (Å²) in [4.78, 5) is 26.5. The third kappa shape index (κ3) is 6.79. The van der Waals surface area contributed by atoms with Gasteiger partial charge in [0.25, 0.3) is 0 Å². The van der Waals surface area contributed by atoms with Gasteiger partial charge in [0.2, 0.25) is 0 Å². The van der Waals surface area contributed by atoms with E-state index in [4.69, 9.17) is 21.6 Å². The van der Waals surface area contributed by atoms with Crippen molar-refractivity contribution in [3.63, 3.8) is 0 Å². The van der Waals surface area contributed by atoms with Gasteiger partial charge in [-0.05, 0) is 43.1 Å². The lowest BCUT2D eigenvalue weighted by molar-refractivity contribution is -0.136. The second kappa shape index (κ2) is 11.5. The molecule has 2 N–H and O–H groups in total. The Kier molecular flexibility index (Phi) is 8.42. The van der Waals surface area contributed by atoms with Crippen LogP contribution in [0.4, 0.5) is 5.69 Å². The lowest BCUT2D eigenvalue weighted by Gasteiger charge is -2.33. The van der Waals surface area contributed by atoms with Crippen molar-refractivity contribution in [2.45, 2.75) is 18.9 Å². The molecule has 1 saturated heterocycles. The minimum absolute atomic E-state index is 0.0862. The fourth-order valence-corrected chi connectivity index (χ4v) is 3.59. The third-order valence-corrected chi connectivity index (χ3v) is 5.30. The van der Waals surface area contributed by atoms with Gasteiger partial charge in [-0.25, -0.2) is 0 Å². The number of halogens is 1. The number of anilines is 1. The number of amides is 2. The van der Waals surface area contributed by atoms with Gasteiger partial charge in [0.1, 0.15) is 6.07 Å². The van der Waals surface area contributed by atoms with Gasteiger partial charge < -0.3 is 15.4 Å². The molecule has 0 aliphatic carbocycles. The molecule has 1 aliphatic rings. The van der Waals surface area contributed by atoms with Crippen LogP contribution in [-0.2, 0) is 14.3 Å². The van der Waals surface area contributed by atoms with E-state index in [1.807, 2.05) is 24.3 Å². The number of carbonyl (C=O) groups excluding carboxylic acids is 2. The zero-order valence-electron chi connectivity index (χ0n) is 17.1. The van der Waals surface area contributed by atoms with Crippen molar-refractivity contribution in [1.82, 2.24) is 10.2 Å². The number of unbranched alkanes of at least 4 members (excludes halogenated alkanes) is 1. The topological polar surface area (TPSA) is 94.5 Å². The summed E-state index contributed by atoms with van der Waals surface area (Å²) in [5.74, 6) is -1.56. The SMILES string of the molecule is N#Cc1ccc(Cl)cc1NC(=O)C(=O)NCCCCN1CCOC(c2ccccc2)C1. The molecule has 8 heteroatoms. The molecule has 1 unspecified atom stereocenters. The Morgan fingerprint density at radius 1 is 1.16 bits per heavy atom. The second-order valence-corrected chi connectivity index (χ2v) is 7.73. The molecule has 0 radical (unpaired) electrons. The Morgan fingerprint density at radius 3 is 2.74 bits per heavy atom. The van der Waals surface area contributed by atoms with Gasteiger partial charge in [-0.1, -0.05) is 41.9 Å². The van der Waals surface area contributed by atoms with Crippen molar-refractivity contribution in [2.24, 2.45) is 0 Å². The van der Waals surface area contributed by atoms with Crippen LogP contribution in [0, 0.1) is 11.3 Å². The average molecular weight is 441 g/mol. The number of carbonyl (C=O) groups is 2. The molecule has 1 atom stereocenters. The first kappa shape index (κ1) is 22.8. The normalized spacial score (nSPS) is 16.3. The maximum Gasteiger partial charge on any atom is 0.313 e. The lowest BCUT2D eigenvalue weighted by atomic mass is 10.1. The quantitative estimate of drug-likeness (QED) is 0.509. The maximum absolute atomic E-state index is 12.1. The van der Waals surface area contributed by atoms with E-state index in [2.05, 4.69) is 27.7 Å². The van der Waals surface area contributed by atoms with Crippen molar-refractivity contribution in [3.05, 3.63) is 64.7 Å². The molecular weight excluding hydrogens is 416 g/mol. The van der Waals surface area contributed by atoms with Gasteiger partial charge in [0, 0.05) is 24.7 Å². The molecule has 1 fully saturated rings. The molecule has 0 aromatic heterocycles. The molecule has 0 saturated carbocycles. The van der Waals surface area contributed by atoms with Crippen LogP contribution in [0.3, 0.4) is 0 Å². The van der Waals surface area contributed by atoms with E-state index < -0.39 is 11.8 Å². The summed E-state index contributed by atoms with van der Waals surface area (Å²) < 4.78 is 5.88. The number of hydrogen-bond acceptors (Lipinski definition) is 5. The van der Waals surface area contributed by atoms with Crippen molar-refractivity contribution < 1.29 is 14.3 Å². The number of hydrogen-bond donors (Lipinski definition) is 2. The fraction of sp³-hybridized carbons (Fsp3) is 0.348. The highest BCUT2D eigenvalue weighted by atomic mass is 35.5. The van der Waals surface area contributed by atoms with Crippen molar-refractivity contribution in [3.8, 4) is 6.07 Å². The summed E-state index contributed by atoms with van der Waals surface area (Å²) in [5, 5.41) is 14.5. The van der Waals surface area contributed by atoms with Crippen LogP contribution in [0.1, 0.15) is 30.1 Å². The van der Waals surface area contributed by atoms with Gasteiger partial charge in [-0.2, -0.15) is 5.26 Å². The Hall–Kier alpha value is -2.92. The second-order valence-electron chi connectivity index (χ2n) is 7.29. The number of nitrogens with zero attached hydrogens (tertiary/aromatic N) is 2. The number of morpholine rings is 1. The summed E-state index contributed by atoms with van der Waals surface area (Å²) in [6.45, 7) is 3.74. The summed E-state index contributed by atoms with van der Waals surface area (Å²) in [6, 6.07) is 16.6. The van der Waals surface area contributed by atoms with Crippen LogP contribution in [0.5, 0.6) is 0 Å². The van der Waals surface area contributed by atoms with Crippen LogP contribution >= 0.6 is 11.6 Å². The lowest BCUT2D eigenvalue weighted by Crippen LogP contribution is -2.39. The number of benzene rings is 2. The van der Waals surface area contributed by atoms with E-state index in [0.717, 1.165) is 32.5 Å². The van der Waals surface area contributed by atoms with E-state index in [-0.39, 0.29) is 17.4 Å². The minimum atomic E-state index is -0.822. The Bertz CT molecular complexity index is 946. The highest BCUT2D eigenvalue weighted by Crippen LogP contribution is 2.22. The standard InChI is InChI=1S/C23H25ClN4O3/c24-19-9-8-18(15-25)20(14-19)27-23(30)22(29)26-10-4-5-11-28-12-13-31-21(16-28)17-6-2-1-3-7-17/h1-3,6-9,14,21H,4-5,10-13,16H2,(H,26,29)(H,27,30). The minimum Gasteiger partial charge on any atom is -0.371 e. The molecule has 0 spiro atoms. The molecule has 162 valence electrons. The number of rotatable bonds is 7. The van der Waals surface area contributed by atoms with Gasteiger partial charge in [-0.3, -0.25) is 14.5 Å². The summed E-state index contributed by atoms with van der Waals surface area (Å²) in [7, 11) is 0. The first-order chi connectivity index (χ1) is 15.1. The van der Waals surface area contributed by atoms with Crippen LogP contribution in [-0.4, -0.2) is 49.5 Å². The van der Waals surface area contributed by atoms with Crippen LogP contribution in [0.25, 0.3) is 0 Å². The number of ether oxygens (including phenoxy) is 1. The zero-order valence-corrected chi connectivity index (χ0v) is 17.9. The molecule has 2 amide bonds. The van der Waals surface area contributed by atoms with E-state index in [1.54, 1.807) is 6.07 Å². The Morgan fingerprint density at radius 2 is 1.97 bits per heavy atom. The predicted molar refractivity (Wildman–Crippen MR) is 119 cm³/mol. The predicted octanol–water partition coefficient (Wildman–Crippen LogP) is 3.12. The monoisotopic (exact) mass is 440 g/mol. The first-order valence-corrected chi connectivity index (χ1v) is 10.6. The van der Waals surface area contributed by atoms with Crippen molar-refractivity contribution >= 4 is 29.1 Å². The van der Waals surface area contributed by atoms with Crippen molar-refractivity contribution in [2.75, 3.05) is 38.1 Å². The maximum atomic E-state index is 12.1. The van der Waals surface area contributed by atoms with E-state index in [1.165, 1.54) is 17.7 Å². The average Bonchev–Trinajstić information content (AvgIpc) is 2.79. The molecule has 1 aliphatic heterocycles. The van der Waals surface area contributed by atoms with Gasteiger partial charge in [0.05, 0.1) is 24.0 Å².